The topological polar surface area (TPSA) is 67.2 Å². The highest BCUT2D eigenvalue weighted by molar-refractivity contribution is 5.38. The first-order valence-electron chi connectivity index (χ1n) is 7.19. The van der Waals surface area contributed by atoms with E-state index in [2.05, 4.69) is 20.0 Å². The van der Waals surface area contributed by atoms with Crippen LogP contribution in [-0.2, 0) is 6.54 Å². The molecule has 2 aromatic rings. The maximum atomic E-state index is 13.7. The van der Waals surface area contributed by atoms with Crippen LogP contribution in [0.2, 0.25) is 0 Å². The van der Waals surface area contributed by atoms with Gasteiger partial charge in [-0.2, -0.15) is 5.10 Å². The number of nitrogens with zero attached hydrogens (tertiary/aromatic N) is 6. The van der Waals surface area contributed by atoms with Gasteiger partial charge in [0.25, 0.3) is 5.56 Å². The number of hydrogen-bond acceptors (Lipinski definition) is 6. The van der Waals surface area contributed by atoms with E-state index in [0.29, 0.717) is 25.5 Å². The molecule has 1 fully saturated rings. The van der Waals surface area contributed by atoms with Gasteiger partial charge in [-0.25, -0.2) is 19.0 Å². The molecule has 7 nitrogen and oxygen atoms in total. The summed E-state index contributed by atoms with van der Waals surface area (Å²) in [5.74, 6) is -0.0356. The van der Waals surface area contributed by atoms with Gasteiger partial charge in [-0.3, -0.25) is 9.69 Å². The Kier molecular flexibility index (Phi) is 4.38. The number of halogens is 1. The van der Waals surface area contributed by atoms with Crippen molar-refractivity contribution in [3.63, 3.8) is 0 Å². The highest BCUT2D eigenvalue weighted by Gasteiger charge is 2.20. The van der Waals surface area contributed by atoms with Crippen molar-refractivity contribution in [2.45, 2.75) is 6.54 Å². The van der Waals surface area contributed by atoms with Crippen LogP contribution in [-0.4, -0.2) is 57.4 Å². The first kappa shape index (κ1) is 14.6. The van der Waals surface area contributed by atoms with Crippen LogP contribution in [0, 0.1) is 5.82 Å². The van der Waals surface area contributed by atoms with Crippen molar-refractivity contribution in [3.8, 4) is 0 Å². The quantitative estimate of drug-likeness (QED) is 0.792. The second kappa shape index (κ2) is 6.61. The van der Waals surface area contributed by atoms with E-state index in [-0.39, 0.29) is 5.56 Å². The first-order chi connectivity index (χ1) is 10.7. The third-order valence-corrected chi connectivity index (χ3v) is 3.73. The van der Waals surface area contributed by atoms with Gasteiger partial charge in [0.15, 0.2) is 11.6 Å². The highest BCUT2D eigenvalue weighted by atomic mass is 19.1. The molecule has 116 valence electrons. The summed E-state index contributed by atoms with van der Waals surface area (Å²) in [5, 5.41) is 4.04. The van der Waals surface area contributed by atoms with Crippen LogP contribution in [0.3, 0.4) is 0 Å². The highest BCUT2D eigenvalue weighted by Crippen LogP contribution is 2.16. The maximum Gasteiger partial charge on any atom is 0.266 e. The minimum Gasteiger partial charge on any atom is -0.352 e. The zero-order chi connectivity index (χ0) is 15.4. The van der Waals surface area contributed by atoms with Crippen LogP contribution >= 0.6 is 0 Å². The second-order valence-corrected chi connectivity index (χ2v) is 5.11. The Morgan fingerprint density at radius 2 is 2.00 bits per heavy atom. The van der Waals surface area contributed by atoms with Crippen molar-refractivity contribution in [3.05, 3.63) is 47.0 Å². The normalized spacial score (nSPS) is 16.0. The van der Waals surface area contributed by atoms with Crippen LogP contribution < -0.4 is 10.5 Å². The van der Waals surface area contributed by atoms with Crippen molar-refractivity contribution >= 4 is 5.82 Å². The molecule has 1 aliphatic rings. The van der Waals surface area contributed by atoms with Gasteiger partial charge in [0.2, 0.25) is 0 Å². The van der Waals surface area contributed by atoms with Crippen molar-refractivity contribution in [2.75, 3.05) is 37.6 Å². The third kappa shape index (κ3) is 3.28. The molecule has 0 aromatic carbocycles. The number of hydrogen-bond donors (Lipinski definition) is 0. The Balaban J connectivity index is 1.53. The average molecular weight is 304 g/mol. The smallest absolute Gasteiger partial charge is 0.266 e. The summed E-state index contributed by atoms with van der Waals surface area (Å²) in [7, 11) is 0. The molecule has 3 heterocycles. The van der Waals surface area contributed by atoms with E-state index in [1.54, 1.807) is 12.3 Å². The number of aromatic nitrogens is 4. The van der Waals surface area contributed by atoms with Gasteiger partial charge in [-0.1, -0.05) is 0 Å². The fourth-order valence-electron chi connectivity index (χ4n) is 2.51. The van der Waals surface area contributed by atoms with Crippen LogP contribution in [0.1, 0.15) is 0 Å². The summed E-state index contributed by atoms with van der Waals surface area (Å²) < 4.78 is 15.1. The lowest BCUT2D eigenvalue weighted by molar-refractivity contribution is 0.241. The Hall–Kier alpha value is -2.35. The maximum absolute atomic E-state index is 13.7. The van der Waals surface area contributed by atoms with E-state index >= 15 is 0 Å². The number of rotatable bonds is 4. The van der Waals surface area contributed by atoms with Crippen molar-refractivity contribution in [1.82, 2.24) is 24.6 Å². The molecule has 0 radical (unpaired) electrons. The van der Waals surface area contributed by atoms with E-state index in [0.717, 1.165) is 19.6 Å². The summed E-state index contributed by atoms with van der Waals surface area (Å²) in [6.45, 7) is 4.30. The van der Waals surface area contributed by atoms with Gasteiger partial charge in [-0.15, -0.1) is 0 Å². The molecule has 0 N–H and O–H groups in total. The molecule has 0 saturated carbocycles. The fraction of sp³-hybridized carbons (Fsp3) is 0.429. The van der Waals surface area contributed by atoms with E-state index < -0.39 is 5.82 Å². The molecule has 0 aliphatic carbocycles. The minimum atomic E-state index is -0.393. The van der Waals surface area contributed by atoms with Gasteiger partial charge in [0.05, 0.1) is 12.7 Å². The van der Waals surface area contributed by atoms with Gasteiger partial charge in [0.1, 0.15) is 6.33 Å². The first-order valence-corrected chi connectivity index (χ1v) is 7.19. The molecule has 3 rings (SSSR count). The van der Waals surface area contributed by atoms with Crippen molar-refractivity contribution in [1.29, 1.82) is 0 Å². The largest absolute Gasteiger partial charge is 0.352 e. The molecular weight excluding hydrogens is 287 g/mol. The monoisotopic (exact) mass is 304 g/mol. The molecule has 0 amide bonds. The van der Waals surface area contributed by atoms with Gasteiger partial charge in [-0.05, 0) is 6.07 Å². The predicted molar refractivity (Wildman–Crippen MR) is 79.1 cm³/mol. The summed E-state index contributed by atoms with van der Waals surface area (Å²) in [5.41, 5.74) is -0.0933. The molecule has 22 heavy (non-hydrogen) atoms. The molecule has 2 aromatic heterocycles. The van der Waals surface area contributed by atoms with Gasteiger partial charge >= 0.3 is 0 Å². The molecule has 1 aliphatic heterocycles. The molecule has 8 heteroatoms. The Bertz CT molecular complexity index is 683. The summed E-state index contributed by atoms with van der Waals surface area (Å²) in [4.78, 5) is 23.4. The predicted octanol–water partition coefficient (Wildman–Crippen LogP) is -0.00540. The molecule has 0 spiro atoms. The summed E-state index contributed by atoms with van der Waals surface area (Å²) in [6, 6.07) is 3.14. The molecule has 1 saturated heterocycles. The van der Waals surface area contributed by atoms with Gasteiger partial charge < -0.3 is 4.90 Å². The lowest BCUT2D eigenvalue weighted by Gasteiger charge is -2.35. The Morgan fingerprint density at radius 1 is 1.18 bits per heavy atom. The molecule has 0 bridgehead atoms. The zero-order valence-electron chi connectivity index (χ0n) is 12.1. The number of anilines is 1. The lowest BCUT2D eigenvalue weighted by Crippen LogP contribution is -2.48. The Labute approximate surface area is 127 Å². The SMILES string of the molecule is O=c1cccnn1CCN1CCN(c2ncncc2F)CC1. The standard InChI is InChI=1S/C14H17FN6O/c15-12-10-16-11-17-14(12)20-7-4-19(5-8-20)6-9-21-13(22)2-1-3-18-21/h1-3,10-11H,4-9H2. The summed E-state index contributed by atoms with van der Waals surface area (Å²) in [6.07, 6.45) is 4.15. The van der Waals surface area contributed by atoms with Crippen LogP contribution in [0.4, 0.5) is 10.2 Å². The minimum absolute atomic E-state index is 0.0933. The Morgan fingerprint density at radius 3 is 2.73 bits per heavy atom. The molecular formula is C14H17FN6O. The second-order valence-electron chi connectivity index (χ2n) is 5.11. The van der Waals surface area contributed by atoms with Crippen molar-refractivity contribution < 1.29 is 4.39 Å². The van der Waals surface area contributed by atoms with E-state index in [9.17, 15) is 9.18 Å². The van der Waals surface area contributed by atoms with Crippen LogP contribution in [0.5, 0.6) is 0 Å². The lowest BCUT2D eigenvalue weighted by atomic mass is 10.3. The van der Waals surface area contributed by atoms with E-state index in [1.807, 2.05) is 4.90 Å². The zero-order valence-corrected chi connectivity index (χ0v) is 12.1. The van der Waals surface area contributed by atoms with Crippen LogP contribution in [0.15, 0.2) is 35.6 Å². The van der Waals surface area contributed by atoms with E-state index in [1.165, 1.54) is 23.3 Å². The number of piperazine rings is 1. The van der Waals surface area contributed by atoms with Crippen LogP contribution in [0.25, 0.3) is 0 Å². The van der Waals surface area contributed by atoms with Crippen molar-refractivity contribution in [2.24, 2.45) is 0 Å². The van der Waals surface area contributed by atoms with E-state index in [4.69, 9.17) is 0 Å². The molecule has 0 atom stereocenters. The summed E-state index contributed by atoms with van der Waals surface area (Å²) >= 11 is 0. The molecule has 0 unspecified atom stereocenters. The average Bonchev–Trinajstić information content (AvgIpc) is 2.55. The third-order valence-electron chi connectivity index (χ3n) is 3.73. The fourth-order valence-corrected chi connectivity index (χ4v) is 2.51. The van der Waals surface area contributed by atoms with Gasteiger partial charge in [0, 0.05) is 45.0 Å².